The molecule has 0 aliphatic heterocycles. The van der Waals surface area contributed by atoms with Crippen LogP contribution in [0.1, 0.15) is 61.2 Å². The maximum Gasteiger partial charge on any atom is 0.328 e. The van der Waals surface area contributed by atoms with Gasteiger partial charge in [-0.15, -0.1) is 0 Å². The van der Waals surface area contributed by atoms with Crippen LogP contribution in [0, 0.1) is 11.8 Å². The van der Waals surface area contributed by atoms with Gasteiger partial charge in [0.05, 0.1) is 19.7 Å². The lowest BCUT2D eigenvalue weighted by molar-refractivity contribution is -0.145. The summed E-state index contributed by atoms with van der Waals surface area (Å²) in [6.45, 7) is 0. The number of esters is 1. The Kier molecular flexibility index (Phi) is 7.82. The zero-order chi connectivity index (χ0) is 21.3. The van der Waals surface area contributed by atoms with Crippen LogP contribution in [0.15, 0.2) is 35.3 Å². The second-order valence-electron chi connectivity index (χ2n) is 7.91. The number of methoxy groups -OCH3 is 1. The number of nitrogens with zero attached hydrogens (tertiary/aromatic N) is 1. The van der Waals surface area contributed by atoms with Crippen LogP contribution in [-0.2, 0) is 20.7 Å². The molecule has 8 nitrogen and oxygen atoms in total. The maximum atomic E-state index is 13.2. The van der Waals surface area contributed by atoms with Gasteiger partial charge in [0.1, 0.15) is 6.04 Å². The van der Waals surface area contributed by atoms with Crippen LogP contribution in [0.25, 0.3) is 0 Å². The summed E-state index contributed by atoms with van der Waals surface area (Å²) in [6, 6.07) is 2.41. The van der Waals surface area contributed by atoms with Crippen molar-refractivity contribution in [2.45, 2.75) is 57.4 Å². The van der Waals surface area contributed by atoms with E-state index in [4.69, 9.17) is 9.15 Å². The van der Waals surface area contributed by atoms with E-state index in [2.05, 4.69) is 15.3 Å². The van der Waals surface area contributed by atoms with Crippen molar-refractivity contribution < 1.29 is 23.5 Å². The third-order valence-electron chi connectivity index (χ3n) is 5.72. The lowest BCUT2D eigenvalue weighted by Gasteiger charge is -2.27. The number of imidazole rings is 1. The summed E-state index contributed by atoms with van der Waals surface area (Å²) in [5, 5.41) is 2.80. The number of Topliss-reactive ketones (excluding diaryl/α,β-unsaturated/α-hetero) is 1. The second-order valence-corrected chi connectivity index (χ2v) is 7.91. The number of ether oxygens (including phenoxy) is 1. The monoisotopic (exact) mass is 415 g/mol. The molecule has 1 aliphatic rings. The largest absolute Gasteiger partial charge is 0.467 e. The van der Waals surface area contributed by atoms with Crippen molar-refractivity contribution in [1.82, 2.24) is 15.3 Å². The third-order valence-corrected chi connectivity index (χ3v) is 5.72. The van der Waals surface area contributed by atoms with Crippen LogP contribution in [0.2, 0.25) is 0 Å². The molecule has 0 spiro atoms. The molecule has 8 heteroatoms. The fraction of sp³-hybridized carbons (Fsp3) is 0.545. The van der Waals surface area contributed by atoms with E-state index in [0.29, 0.717) is 18.0 Å². The first kappa shape index (κ1) is 21.8. The van der Waals surface area contributed by atoms with Crippen LogP contribution >= 0.6 is 0 Å². The first-order chi connectivity index (χ1) is 14.6. The third kappa shape index (κ3) is 6.05. The number of amides is 1. The highest BCUT2D eigenvalue weighted by Crippen LogP contribution is 2.31. The molecule has 2 heterocycles. The number of carbonyl (C=O) groups excluding carboxylic acids is 3. The van der Waals surface area contributed by atoms with Gasteiger partial charge in [-0.2, -0.15) is 0 Å². The minimum atomic E-state index is -0.851. The van der Waals surface area contributed by atoms with Gasteiger partial charge in [-0.1, -0.05) is 32.1 Å². The summed E-state index contributed by atoms with van der Waals surface area (Å²) in [7, 11) is 1.29. The van der Waals surface area contributed by atoms with Crippen LogP contribution in [0.4, 0.5) is 0 Å². The molecule has 1 saturated carbocycles. The highest BCUT2D eigenvalue weighted by Gasteiger charge is 2.31. The molecule has 1 amide bonds. The van der Waals surface area contributed by atoms with Crippen molar-refractivity contribution in [2.75, 3.05) is 7.11 Å². The van der Waals surface area contributed by atoms with Gasteiger partial charge in [0.25, 0.3) is 0 Å². The quantitative estimate of drug-likeness (QED) is 0.455. The number of hydrogen-bond donors (Lipinski definition) is 2. The highest BCUT2D eigenvalue weighted by molar-refractivity contribution is 5.97. The summed E-state index contributed by atoms with van der Waals surface area (Å²) < 4.78 is 10.1. The molecule has 0 saturated heterocycles. The molecule has 162 valence electrons. The minimum Gasteiger partial charge on any atom is -0.467 e. The number of furan rings is 1. The van der Waals surface area contributed by atoms with Gasteiger partial charge >= 0.3 is 5.97 Å². The Labute approximate surface area is 175 Å². The van der Waals surface area contributed by atoms with E-state index in [0.717, 1.165) is 25.7 Å². The van der Waals surface area contributed by atoms with E-state index in [1.165, 1.54) is 26.1 Å². The minimum absolute atomic E-state index is 0.0494. The summed E-state index contributed by atoms with van der Waals surface area (Å²) in [5.74, 6) is -0.928. The molecule has 0 radical (unpaired) electrons. The Bertz CT molecular complexity index is 810. The smallest absolute Gasteiger partial charge is 0.328 e. The number of aromatic nitrogens is 2. The van der Waals surface area contributed by atoms with Gasteiger partial charge < -0.3 is 19.5 Å². The van der Waals surface area contributed by atoms with E-state index in [1.807, 2.05) is 0 Å². The van der Waals surface area contributed by atoms with E-state index in [1.54, 1.807) is 18.3 Å². The van der Waals surface area contributed by atoms with Gasteiger partial charge in [-0.05, 0) is 24.5 Å². The fourth-order valence-electron chi connectivity index (χ4n) is 4.11. The average molecular weight is 415 g/mol. The Hall–Kier alpha value is -2.90. The standard InChI is InChI=1S/C22H29N3O5/c1-29-22(28)18(12-17-13-23-14-24-17)25-21(27)16(10-15-6-3-2-4-7-15)11-19(26)20-8-5-9-30-20/h5,8-9,13-16,18H,2-4,6-7,10-12H2,1H3,(H,23,24)(H,25,27)/t16?,18-/m1/s1. The van der Waals surface area contributed by atoms with Crippen LogP contribution in [0.3, 0.4) is 0 Å². The molecule has 2 atom stereocenters. The van der Waals surface area contributed by atoms with Crippen molar-refractivity contribution in [2.24, 2.45) is 11.8 Å². The first-order valence-corrected chi connectivity index (χ1v) is 10.5. The normalized spacial score (nSPS) is 16.6. The summed E-state index contributed by atoms with van der Waals surface area (Å²) in [4.78, 5) is 44.9. The van der Waals surface area contributed by atoms with Gasteiger partial charge in [-0.25, -0.2) is 9.78 Å². The van der Waals surface area contributed by atoms with E-state index < -0.39 is 17.9 Å². The zero-order valence-electron chi connectivity index (χ0n) is 17.3. The lowest BCUT2D eigenvalue weighted by Crippen LogP contribution is -2.46. The average Bonchev–Trinajstić information content (AvgIpc) is 3.47. The molecule has 2 N–H and O–H groups in total. The Morgan fingerprint density at radius 1 is 1.30 bits per heavy atom. The summed E-state index contributed by atoms with van der Waals surface area (Å²) in [6.07, 6.45) is 11.1. The number of aromatic amines is 1. The number of carbonyl (C=O) groups is 3. The van der Waals surface area contributed by atoms with Gasteiger partial charge in [0.2, 0.25) is 5.91 Å². The van der Waals surface area contributed by atoms with Crippen molar-refractivity contribution in [3.05, 3.63) is 42.4 Å². The molecule has 2 aromatic heterocycles. The molecule has 30 heavy (non-hydrogen) atoms. The highest BCUT2D eigenvalue weighted by atomic mass is 16.5. The van der Waals surface area contributed by atoms with Crippen molar-refractivity contribution in [3.63, 3.8) is 0 Å². The number of nitrogens with one attached hydrogen (secondary N) is 2. The number of ketones is 1. The molecule has 1 unspecified atom stereocenters. The van der Waals surface area contributed by atoms with Gasteiger partial charge in [-0.3, -0.25) is 9.59 Å². The van der Waals surface area contributed by atoms with E-state index >= 15 is 0 Å². The SMILES string of the molecule is COC(=O)[C@@H](Cc1cnc[nH]1)NC(=O)C(CC(=O)c1ccco1)CC1CCCCC1. The van der Waals surface area contributed by atoms with Crippen molar-refractivity contribution in [1.29, 1.82) is 0 Å². The number of H-pyrrole nitrogens is 1. The molecule has 1 fully saturated rings. The van der Waals surface area contributed by atoms with Crippen molar-refractivity contribution in [3.8, 4) is 0 Å². The molecule has 1 aliphatic carbocycles. The zero-order valence-corrected chi connectivity index (χ0v) is 17.3. The molecular formula is C22H29N3O5. The molecule has 2 aromatic rings. The fourth-order valence-corrected chi connectivity index (χ4v) is 4.11. The first-order valence-electron chi connectivity index (χ1n) is 10.5. The molecule has 0 bridgehead atoms. The van der Waals surface area contributed by atoms with Crippen LogP contribution in [-0.4, -0.2) is 40.8 Å². The topological polar surface area (TPSA) is 114 Å². The molecule has 0 aromatic carbocycles. The van der Waals surface area contributed by atoms with Crippen LogP contribution in [0.5, 0.6) is 0 Å². The van der Waals surface area contributed by atoms with Gasteiger partial charge in [0, 0.05) is 30.7 Å². The lowest BCUT2D eigenvalue weighted by atomic mass is 9.81. The van der Waals surface area contributed by atoms with Crippen LogP contribution < -0.4 is 5.32 Å². The van der Waals surface area contributed by atoms with Crippen molar-refractivity contribution >= 4 is 17.7 Å². The summed E-state index contributed by atoms with van der Waals surface area (Å²) in [5.41, 5.74) is 0.709. The second kappa shape index (κ2) is 10.8. The Morgan fingerprint density at radius 2 is 2.10 bits per heavy atom. The number of hydrogen-bond acceptors (Lipinski definition) is 6. The Morgan fingerprint density at radius 3 is 2.73 bits per heavy atom. The number of rotatable bonds is 10. The molecule has 3 rings (SSSR count). The Balaban J connectivity index is 1.71. The van der Waals surface area contributed by atoms with E-state index in [9.17, 15) is 14.4 Å². The predicted molar refractivity (Wildman–Crippen MR) is 109 cm³/mol. The maximum absolute atomic E-state index is 13.2. The van der Waals surface area contributed by atoms with E-state index in [-0.39, 0.29) is 30.3 Å². The summed E-state index contributed by atoms with van der Waals surface area (Å²) >= 11 is 0. The predicted octanol–water partition coefficient (Wildman–Crippen LogP) is 3.06. The van der Waals surface area contributed by atoms with Gasteiger partial charge in [0.15, 0.2) is 11.5 Å². The molecular weight excluding hydrogens is 386 g/mol.